The lowest BCUT2D eigenvalue weighted by Gasteiger charge is -2.32. The van der Waals surface area contributed by atoms with Crippen LogP contribution in [0.1, 0.15) is 47.0 Å². The molecule has 0 radical (unpaired) electrons. The smallest absolute Gasteiger partial charge is 0.226 e. The molecular formula is C17H28N2O2. The topological polar surface area (TPSA) is 63.4 Å². The monoisotopic (exact) mass is 292 g/mol. The number of rotatable bonds is 4. The average molecular weight is 292 g/mol. The van der Waals surface area contributed by atoms with E-state index >= 15 is 0 Å². The van der Waals surface area contributed by atoms with Gasteiger partial charge in [0.25, 0.3) is 0 Å². The van der Waals surface area contributed by atoms with Gasteiger partial charge in [-0.2, -0.15) is 0 Å². The second kappa shape index (κ2) is 5.82. The van der Waals surface area contributed by atoms with E-state index < -0.39 is 0 Å². The molecule has 0 aromatic heterocycles. The Morgan fingerprint density at radius 1 is 1.24 bits per heavy atom. The molecule has 0 unspecified atom stereocenters. The Kier molecular flexibility index (Phi) is 4.45. The van der Waals surface area contributed by atoms with Crippen LogP contribution in [0, 0.1) is 23.2 Å². The maximum absolute atomic E-state index is 12.7. The standard InChI is InChI=1S/C17H28N2O2/c1-11(2)9-13-15(17(13,3)4)16(21)19-7-5-12(6-8-19)10-14(18)20/h9,12-13,15H,5-8,10H2,1-4H3,(H2,18,20)/t13-,15-/m1/s1. The van der Waals surface area contributed by atoms with Crippen LogP contribution in [0.4, 0.5) is 0 Å². The number of hydrogen-bond acceptors (Lipinski definition) is 2. The van der Waals surface area contributed by atoms with Crippen molar-refractivity contribution in [3.8, 4) is 0 Å². The summed E-state index contributed by atoms with van der Waals surface area (Å²) in [6.45, 7) is 10.1. The van der Waals surface area contributed by atoms with E-state index in [9.17, 15) is 9.59 Å². The van der Waals surface area contributed by atoms with Gasteiger partial charge >= 0.3 is 0 Å². The molecule has 2 atom stereocenters. The molecule has 2 fully saturated rings. The summed E-state index contributed by atoms with van der Waals surface area (Å²) in [7, 11) is 0. The number of nitrogens with two attached hydrogens (primary N) is 1. The van der Waals surface area contributed by atoms with Crippen LogP contribution in [0.5, 0.6) is 0 Å². The first kappa shape index (κ1) is 16.1. The molecule has 2 N–H and O–H groups in total. The fraction of sp³-hybridized carbons (Fsp3) is 0.765. The predicted octanol–water partition coefficient (Wildman–Crippen LogP) is 2.34. The molecule has 1 aliphatic heterocycles. The van der Waals surface area contributed by atoms with Gasteiger partial charge < -0.3 is 10.6 Å². The van der Waals surface area contributed by atoms with E-state index in [1.54, 1.807) is 0 Å². The summed E-state index contributed by atoms with van der Waals surface area (Å²) in [5, 5.41) is 0. The minimum absolute atomic E-state index is 0.0818. The molecule has 0 spiro atoms. The minimum Gasteiger partial charge on any atom is -0.370 e. The van der Waals surface area contributed by atoms with Crippen molar-refractivity contribution in [1.29, 1.82) is 0 Å². The summed E-state index contributed by atoms with van der Waals surface area (Å²) >= 11 is 0. The highest BCUT2D eigenvalue weighted by Gasteiger charge is 2.61. The summed E-state index contributed by atoms with van der Waals surface area (Å²) < 4.78 is 0. The van der Waals surface area contributed by atoms with Crippen LogP contribution in [0.3, 0.4) is 0 Å². The van der Waals surface area contributed by atoms with Gasteiger partial charge in [-0.1, -0.05) is 25.5 Å². The van der Waals surface area contributed by atoms with Gasteiger partial charge in [0, 0.05) is 19.5 Å². The Balaban J connectivity index is 1.91. The second-order valence-corrected chi connectivity index (χ2v) is 7.51. The van der Waals surface area contributed by atoms with Gasteiger partial charge in [0.05, 0.1) is 5.92 Å². The van der Waals surface area contributed by atoms with E-state index in [2.05, 4.69) is 33.8 Å². The van der Waals surface area contributed by atoms with Crippen LogP contribution in [-0.4, -0.2) is 29.8 Å². The van der Waals surface area contributed by atoms with E-state index in [1.807, 2.05) is 4.90 Å². The molecule has 118 valence electrons. The van der Waals surface area contributed by atoms with E-state index in [4.69, 9.17) is 5.73 Å². The zero-order valence-electron chi connectivity index (χ0n) is 13.7. The third kappa shape index (κ3) is 3.47. The molecule has 1 heterocycles. The van der Waals surface area contributed by atoms with Crippen LogP contribution < -0.4 is 5.73 Å². The molecule has 1 saturated heterocycles. The summed E-state index contributed by atoms with van der Waals surface area (Å²) in [5.41, 5.74) is 6.61. The lowest BCUT2D eigenvalue weighted by molar-refractivity contribution is -0.135. The zero-order valence-corrected chi connectivity index (χ0v) is 13.7. The Bertz CT molecular complexity index is 455. The fourth-order valence-corrected chi connectivity index (χ4v) is 3.66. The van der Waals surface area contributed by atoms with E-state index in [0.717, 1.165) is 25.9 Å². The number of hydrogen-bond donors (Lipinski definition) is 1. The Labute approximate surface area is 127 Å². The molecule has 0 bridgehead atoms. The van der Waals surface area contributed by atoms with Crippen molar-refractivity contribution < 1.29 is 9.59 Å². The maximum Gasteiger partial charge on any atom is 0.226 e. The van der Waals surface area contributed by atoms with Gasteiger partial charge in [-0.25, -0.2) is 0 Å². The van der Waals surface area contributed by atoms with Gasteiger partial charge in [-0.3, -0.25) is 9.59 Å². The molecule has 2 amide bonds. The molecule has 1 saturated carbocycles. The number of carbonyl (C=O) groups is 2. The molecule has 0 aromatic carbocycles. The van der Waals surface area contributed by atoms with E-state index in [1.165, 1.54) is 5.57 Å². The van der Waals surface area contributed by atoms with Gasteiger partial charge in [0.15, 0.2) is 0 Å². The lowest BCUT2D eigenvalue weighted by Crippen LogP contribution is -2.40. The normalized spacial score (nSPS) is 28.1. The number of likely N-dealkylation sites (tertiary alicyclic amines) is 1. The van der Waals surface area contributed by atoms with Crippen LogP contribution in [-0.2, 0) is 9.59 Å². The van der Waals surface area contributed by atoms with Crippen LogP contribution in [0.15, 0.2) is 11.6 Å². The fourth-order valence-electron chi connectivity index (χ4n) is 3.66. The summed E-state index contributed by atoms with van der Waals surface area (Å²) in [6, 6.07) is 0. The van der Waals surface area contributed by atoms with Crippen molar-refractivity contribution in [3.63, 3.8) is 0 Å². The molecule has 21 heavy (non-hydrogen) atoms. The summed E-state index contributed by atoms with van der Waals surface area (Å²) in [4.78, 5) is 25.7. The van der Waals surface area contributed by atoms with Crippen LogP contribution in [0.25, 0.3) is 0 Å². The molecular weight excluding hydrogens is 264 g/mol. The first-order valence-corrected chi connectivity index (χ1v) is 7.95. The molecule has 2 rings (SSSR count). The lowest BCUT2D eigenvalue weighted by atomic mass is 9.93. The minimum atomic E-state index is -0.230. The highest BCUT2D eigenvalue weighted by Crippen LogP contribution is 2.60. The van der Waals surface area contributed by atoms with Crippen molar-refractivity contribution in [2.24, 2.45) is 28.9 Å². The Hall–Kier alpha value is -1.32. The van der Waals surface area contributed by atoms with Crippen molar-refractivity contribution in [1.82, 2.24) is 4.90 Å². The number of piperidine rings is 1. The Morgan fingerprint density at radius 3 is 2.29 bits per heavy atom. The van der Waals surface area contributed by atoms with E-state index in [0.29, 0.717) is 24.2 Å². The number of nitrogens with zero attached hydrogens (tertiary/aromatic N) is 1. The highest BCUT2D eigenvalue weighted by atomic mass is 16.2. The summed E-state index contributed by atoms with van der Waals surface area (Å²) in [6.07, 6.45) is 4.49. The molecule has 4 nitrogen and oxygen atoms in total. The van der Waals surface area contributed by atoms with Crippen molar-refractivity contribution in [3.05, 3.63) is 11.6 Å². The summed E-state index contributed by atoms with van der Waals surface area (Å²) in [5.74, 6) is 0.914. The number of carbonyl (C=O) groups excluding carboxylic acids is 2. The predicted molar refractivity (Wildman–Crippen MR) is 83.3 cm³/mol. The highest BCUT2D eigenvalue weighted by molar-refractivity contribution is 5.84. The second-order valence-electron chi connectivity index (χ2n) is 7.51. The van der Waals surface area contributed by atoms with Crippen molar-refractivity contribution in [2.75, 3.05) is 13.1 Å². The third-order valence-electron chi connectivity index (χ3n) is 5.11. The van der Waals surface area contributed by atoms with E-state index in [-0.39, 0.29) is 17.2 Å². The van der Waals surface area contributed by atoms with Crippen LogP contribution in [0.2, 0.25) is 0 Å². The molecule has 0 aromatic rings. The first-order valence-electron chi connectivity index (χ1n) is 7.95. The first-order chi connectivity index (χ1) is 9.73. The Morgan fingerprint density at radius 2 is 1.81 bits per heavy atom. The quantitative estimate of drug-likeness (QED) is 0.808. The molecule has 1 aliphatic carbocycles. The SMILES string of the molecule is CC(C)=C[C@@H]1[C@H](C(=O)N2CCC(CC(N)=O)CC2)C1(C)C. The molecule has 2 aliphatic rings. The van der Waals surface area contributed by atoms with Gasteiger partial charge in [-0.15, -0.1) is 0 Å². The maximum atomic E-state index is 12.7. The van der Waals surface area contributed by atoms with Crippen molar-refractivity contribution >= 4 is 11.8 Å². The van der Waals surface area contributed by atoms with Gasteiger partial charge in [0.2, 0.25) is 11.8 Å². The number of primary amides is 1. The zero-order chi connectivity index (χ0) is 15.8. The largest absolute Gasteiger partial charge is 0.370 e. The van der Waals surface area contributed by atoms with Gasteiger partial charge in [0.1, 0.15) is 0 Å². The van der Waals surface area contributed by atoms with Crippen molar-refractivity contribution in [2.45, 2.75) is 47.0 Å². The van der Waals surface area contributed by atoms with Gasteiger partial charge in [-0.05, 0) is 43.9 Å². The average Bonchev–Trinajstić information content (AvgIpc) is 2.89. The number of allylic oxidation sites excluding steroid dienone is 2. The third-order valence-corrected chi connectivity index (χ3v) is 5.11. The van der Waals surface area contributed by atoms with Crippen LogP contribution >= 0.6 is 0 Å². The number of amides is 2. The molecule has 4 heteroatoms.